The fraction of sp³-hybridized carbons (Fsp3) is 0.286. The summed E-state index contributed by atoms with van der Waals surface area (Å²) in [5, 5.41) is 5.67. The topological polar surface area (TPSA) is 55.1 Å². The largest absolute Gasteiger partial charge is 0.416 e. The van der Waals surface area contributed by atoms with Crippen LogP contribution in [0.4, 0.5) is 26.3 Å². The minimum atomic E-state index is -5.01. The summed E-state index contributed by atoms with van der Waals surface area (Å²) in [6.07, 6.45) is -8.74. The molecular weight excluding hydrogens is 342 g/mol. The van der Waals surface area contributed by atoms with Gasteiger partial charge >= 0.3 is 12.4 Å². The molecule has 0 unspecified atom stereocenters. The lowest BCUT2D eigenvalue weighted by molar-refractivity contribution is -0.143. The number of nitrogens with one attached hydrogen (secondary N) is 1. The number of aromatic nitrogens is 1. The molecule has 4 nitrogen and oxygen atoms in total. The van der Waals surface area contributed by atoms with E-state index in [1.807, 2.05) is 0 Å². The molecule has 0 atom stereocenters. The van der Waals surface area contributed by atoms with Gasteiger partial charge in [0.2, 0.25) is 0 Å². The standard InChI is InChI=1S/C14H10F6N2O2/c1-7-9(6-22-24-7)5-21-12(23)8-2-10(13(15,16)17)4-11(3-8)14(18,19)20/h2-4,6H,5H2,1H3,(H,21,23). The number of carbonyl (C=O) groups excluding carboxylic acids is 1. The Morgan fingerprint density at radius 1 is 1.08 bits per heavy atom. The van der Waals surface area contributed by atoms with Gasteiger partial charge in [0.05, 0.1) is 17.3 Å². The van der Waals surface area contributed by atoms with Gasteiger partial charge in [0.1, 0.15) is 5.76 Å². The number of benzene rings is 1. The molecule has 0 bridgehead atoms. The Morgan fingerprint density at radius 3 is 2.04 bits per heavy atom. The van der Waals surface area contributed by atoms with Gasteiger partial charge in [-0.3, -0.25) is 4.79 Å². The number of amides is 1. The fourth-order valence-electron chi connectivity index (χ4n) is 1.85. The highest BCUT2D eigenvalue weighted by molar-refractivity contribution is 5.94. The van der Waals surface area contributed by atoms with Crippen LogP contribution in [0.25, 0.3) is 0 Å². The van der Waals surface area contributed by atoms with Crippen molar-refractivity contribution in [2.75, 3.05) is 0 Å². The number of hydrogen-bond donors (Lipinski definition) is 1. The van der Waals surface area contributed by atoms with E-state index in [1.54, 1.807) is 6.92 Å². The maximum atomic E-state index is 12.7. The number of alkyl halides is 6. The summed E-state index contributed by atoms with van der Waals surface area (Å²) in [4.78, 5) is 11.9. The minimum absolute atomic E-state index is 0.0408. The van der Waals surface area contributed by atoms with Crippen LogP contribution >= 0.6 is 0 Å². The molecule has 24 heavy (non-hydrogen) atoms. The van der Waals surface area contributed by atoms with Gasteiger partial charge in [0.15, 0.2) is 0 Å². The van der Waals surface area contributed by atoms with E-state index in [0.717, 1.165) is 0 Å². The summed E-state index contributed by atoms with van der Waals surface area (Å²) < 4.78 is 81.2. The average molecular weight is 352 g/mol. The highest BCUT2D eigenvalue weighted by atomic mass is 19.4. The molecule has 1 aromatic carbocycles. The highest BCUT2D eigenvalue weighted by Crippen LogP contribution is 2.36. The van der Waals surface area contributed by atoms with E-state index in [9.17, 15) is 31.1 Å². The summed E-state index contributed by atoms with van der Waals surface area (Å²) in [7, 11) is 0. The van der Waals surface area contributed by atoms with E-state index in [2.05, 4.69) is 10.5 Å². The van der Waals surface area contributed by atoms with Crippen LogP contribution in [0.5, 0.6) is 0 Å². The van der Waals surface area contributed by atoms with Crippen molar-refractivity contribution in [2.45, 2.75) is 25.8 Å². The lowest BCUT2D eigenvalue weighted by Gasteiger charge is -2.14. The maximum Gasteiger partial charge on any atom is 0.416 e. The number of nitrogens with zero attached hydrogens (tertiary/aromatic N) is 1. The van der Waals surface area contributed by atoms with Crippen molar-refractivity contribution < 1.29 is 35.7 Å². The Bertz CT molecular complexity index is 716. The van der Waals surface area contributed by atoms with Gasteiger partial charge in [-0.25, -0.2) is 0 Å². The quantitative estimate of drug-likeness (QED) is 0.851. The molecular formula is C14H10F6N2O2. The van der Waals surface area contributed by atoms with Crippen LogP contribution in [0.15, 0.2) is 28.9 Å². The zero-order valence-corrected chi connectivity index (χ0v) is 12.0. The van der Waals surface area contributed by atoms with Crippen LogP contribution in [0.1, 0.15) is 32.8 Å². The molecule has 1 heterocycles. The number of rotatable bonds is 3. The normalized spacial score (nSPS) is 12.3. The molecule has 1 aromatic heterocycles. The van der Waals surface area contributed by atoms with Crippen molar-refractivity contribution in [2.24, 2.45) is 0 Å². The monoisotopic (exact) mass is 352 g/mol. The smallest absolute Gasteiger partial charge is 0.361 e. The number of aryl methyl sites for hydroxylation is 1. The van der Waals surface area contributed by atoms with Crippen molar-refractivity contribution in [1.29, 1.82) is 0 Å². The first kappa shape index (κ1) is 17.8. The number of carbonyl (C=O) groups is 1. The second-order valence-electron chi connectivity index (χ2n) is 4.88. The van der Waals surface area contributed by atoms with Crippen LogP contribution in [-0.2, 0) is 18.9 Å². The van der Waals surface area contributed by atoms with Gasteiger partial charge < -0.3 is 9.84 Å². The van der Waals surface area contributed by atoms with E-state index in [1.165, 1.54) is 6.20 Å². The first-order valence-corrected chi connectivity index (χ1v) is 6.46. The summed E-state index contributed by atoms with van der Waals surface area (Å²) >= 11 is 0. The summed E-state index contributed by atoms with van der Waals surface area (Å²) in [5.41, 5.74) is -3.40. The van der Waals surface area contributed by atoms with Crippen molar-refractivity contribution in [3.05, 3.63) is 52.4 Å². The van der Waals surface area contributed by atoms with Crippen molar-refractivity contribution in [3.8, 4) is 0 Å². The van der Waals surface area contributed by atoms with Crippen LogP contribution in [0.3, 0.4) is 0 Å². The van der Waals surface area contributed by atoms with E-state index < -0.39 is 35.0 Å². The zero-order valence-electron chi connectivity index (χ0n) is 12.0. The Labute approximate surface area is 131 Å². The molecule has 0 radical (unpaired) electrons. The average Bonchev–Trinajstić information content (AvgIpc) is 2.87. The molecule has 0 fully saturated rings. The predicted octanol–water partition coefficient (Wildman–Crippen LogP) is 3.95. The van der Waals surface area contributed by atoms with E-state index >= 15 is 0 Å². The third-order valence-electron chi connectivity index (χ3n) is 3.14. The Morgan fingerprint density at radius 2 is 1.62 bits per heavy atom. The van der Waals surface area contributed by atoms with Crippen molar-refractivity contribution in [3.63, 3.8) is 0 Å². The van der Waals surface area contributed by atoms with Gasteiger partial charge in [-0.1, -0.05) is 5.16 Å². The van der Waals surface area contributed by atoms with Crippen LogP contribution < -0.4 is 5.32 Å². The third-order valence-corrected chi connectivity index (χ3v) is 3.14. The minimum Gasteiger partial charge on any atom is -0.361 e. The second-order valence-corrected chi connectivity index (χ2v) is 4.88. The molecule has 0 spiro atoms. The molecule has 130 valence electrons. The van der Waals surface area contributed by atoms with Gasteiger partial charge in [-0.15, -0.1) is 0 Å². The van der Waals surface area contributed by atoms with Crippen LogP contribution in [0, 0.1) is 6.92 Å². The summed E-state index contributed by atoms with van der Waals surface area (Å²) in [6.45, 7) is 1.40. The van der Waals surface area contributed by atoms with Crippen molar-refractivity contribution in [1.82, 2.24) is 10.5 Å². The predicted molar refractivity (Wildman–Crippen MR) is 68.9 cm³/mol. The lowest BCUT2D eigenvalue weighted by atomic mass is 10.0. The molecule has 0 aliphatic rings. The molecule has 0 saturated carbocycles. The zero-order chi connectivity index (χ0) is 18.1. The summed E-state index contributed by atoms with van der Waals surface area (Å²) in [5.74, 6) is -0.706. The Hall–Kier alpha value is -2.52. The summed E-state index contributed by atoms with van der Waals surface area (Å²) in [6, 6.07) is 0.691. The molecule has 0 saturated heterocycles. The lowest BCUT2D eigenvalue weighted by Crippen LogP contribution is -2.24. The van der Waals surface area contributed by atoms with E-state index in [4.69, 9.17) is 4.52 Å². The molecule has 2 aromatic rings. The SMILES string of the molecule is Cc1oncc1CNC(=O)c1cc(C(F)(F)F)cc(C(F)(F)F)c1. The van der Waals surface area contributed by atoms with E-state index in [0.29, 0.717) is 23.5 Å². The van der Waals surface area contributed by atoms with Crippen LogP contribution in [0.2, 0.25) is 0 Å². The highest BCUT2D eigenvalue weighted by Gasteiger charge is 2.37. The Balaban J connectivity index is 2.31. The second kappa shape index (κ2) is 6.17. The van der Waals surface area contributed by atoms with Gasteiger partial charge in [-0.2, -0.15) is 26.3 Å². The molecule has 2 rings (SSSR count). The fourth-order valence-corrected chi connectivity index (χ4v) is 1.85. The molecule has 1 N–H and O–H groups in total. The van der Waals surface area contributed by atoms with Gasteiger partial charge in [0.25, 0.3) is 5.91 Å². The van der Waals surface area contributed by atoms with Gasteiger partial charge in [0, 0.05) is 17.7 Å². The maximum absolute atomic E-state index is 12.7. The van der Waals surface area contributed by atoms with Crippen LogP contribution in [-0.4, -0.2) is 11.1 Å². The van der Waals surface area contributed by atoms with Crippen molar-refractivity contribution >= 4 is 5.91 Å². The molecule has 1 amide bonds. The number of hydrogen-bond acceptors (Lipinski definition) is 3. The third kappa shape index (κ3) is 4.06. The van der Waals surface area contributed by atoms with Gasteiger partial charge in [-0.05, 0) is 25.1 Å². The molecule has 0 aliphatic heterocycles. The first-order valence-electron chi connectivity index (χ1n) is 6.46. The van der Waals surface area contributed by atoms with E-state index in [-0.39, 0.29) is 12.6 Å². The Kier molecular flexibility index (Phi) is 4.59. The molecule has 10 heteroatoms. The molecule has 0 aliphatic carbocycles. The number of halogens is 6. The first-order chi connectivity index (χ1) is 11.0.